The summed E-state index contributed by atoms with van der Waals surface area (Å²) in [5, 5.41) is 0.169. The van der Waals surface area contributed by atoms with Gasteiger partial charge in [-0.2, -0.15) is 8.78 Å². The summed E-state index contributed by atoms with van der Waals surface area (Å²) in [5.41, 5.74) is 4.54. The Balaban J connectivity index is 1.38. The lowest BCUT2D eigenvalue weighted by molar-refractivity contribution is -0.145. The zero-order chi connectivity index (χ0) is 27.8. The fourth-order valence-electron chi connectivity index (χ4n) is 5.23. The molecule has 39 heavy (non-hydrogen) atoms. The Bertz CT molecular complexity index is 1250. The van der Waals surface area contributed by atoms with E-state index in [9.17, 15) is 0 Å². The van der Waals surface area contributed by atoms with Gasteiger partial charge in [0.15, 0.2) is 0 Å². The van der Waals surface area contributed by atoms with Crippen molar-refractivity contribution in [3.05, 3.63) is 99.8 Å². The van der Waals surface area contributed by atoms with E-state index in [1.807, 2.05) is 6.07 Å². The van der Waals surface area contributed by atoms with Crippen molar-refractivity contribution in [2.45, 2.75) is 90.1 Å². The first-order valence-electron chi connectivity index (χ1n) is 14.2. The molecule has 208 valence electrons. The van der Waals surface area contributed by atoms with Gasteiger partial charge in [-0.3, -0.25) is 0 Å². The highest BCUT2D eigenvalue weighted by Crippen LogP contribution is 2.41. The van der Waals surface area contributed by atoms with Crippen LogP contribution in [-0.2, 0) is 12.8 Å². The molecule has 0 heterocycles. The van der Waals surface area contributed by atoms with Crippen LogP contribution >= 0.6 is 11.6 Å². The van der Waals surface area contributed by atoms with Gasteiger partial charge in [-0.15, -0.1) is 0 Å². The third-order valence-electron chi connectivity index (χ3n) is 7.67. The van der Waals surface area contributed by atoms with Gasteiger partial charge in [0.2, 0.25) is 0 Å². The second kappa shape index (κ2) is 13.6. The number of hydrogen-bond acceptors (Lipinski definition) is 1. The summed E-state index contributed by atoms with van der Waals surface area (Å²) in [4.78, 5) is 0. The molecule has 0 aliphatic heterocycles. The van der Waals surface area contributed by atoms with Crippen molar-refractivity contribution in [1.29, 1.82) is 0 Å². The minimum atomic E-state index is -3.42. The molecular weight excluding hydrogens is 517 g/mol. The standard InChI is InChI=1S/C34H38ClF3O/c1-3-5-7-9-28-18-23-31(33(36)32(28)35)27-14-19-29(20-15-27)34(37,38)39-30-21-16-26(17-22-30)25-12-10-24(11-13-25)8-6-4-2/h10-13,16-19,21-23,27H,3-9,14-15,20H2,1-2H3. The molecule has 0 spiro atoms. The zero-order valence-electron chi connectivity index (χ0n) is 22.9. The number of rotatable bonds is 12. The van der Waals surface area contributed by atoms with Gasteiger partial charge in [-0.05, 0) is 90.8 Å². The number of benzene rings is 3. The van der Waals surface area contributed by atoms with Crippen molar-refractivity contribution >= 4 is 11.6 Å². The minimum absolute atomic E-state index is 0.0619. The second-order valence-electron chi connectivity index (χ2n) is 10.5. The normalized spacial score (nSPS) is 15.7. The van der Waals surface area contributed by atoms with E-state index in [1.54, 1.807) is 30.3 Å². The molecule has 0 N–H and O–H groups in total. The number of alkyl halides is 2. The van der Waals surface area contributed by atoms with E-state index < -0.39 is 11.9 Å². The van der Waals surface area contributed by atoms with Crippen LogP contribution in [0.15, 0.2) is 72.3 Å². The van der Waals surface area contributed by atoms with Crippen LogP contribution in [0.1, 0.15) is 87.8 Å². The molecule has 4 rings (SSSR count). The Hall–Kier alpha value is -2.72. The van der Waals surface area contributed by atoms with Gasteiger partial charge >= 0.3 is 6.11 Å². The average Bonchev–Trinajstić information content (AvgIpc) is 2.95. The minimum Gasteiger partial charge on any atom is -0.429 e. The maximum Gasteiger partial charge on any atom is 0.422 e. The van der Waals surface area contributed by atoms with Gasteiger partial charge in [-0.25, -0.2) is 4.39 Å². The largest absolute Gasteiger partial charge is 0.429 e. The van der Waals surface area contributed by atoms with E-state index >= 15 is 13.2 Å². The highest BCUT2D eigenvalue weighted by molar-refractivity contribution is 6.31. The molecule has 3 aromatic carbocycles. The first-order chi connectivity index (χ1) is 18.8. The summed E-state index contributed by atoms with van der Waals surface area (Å²) in [7, 11) is 0. The lowest BCUT2D eigenvalue weighted by Crippen LogP contribution is -2.29. The van der Waals surface area contributed by atoms with Crippen LogP contribution in [0.3, 0.4) is 0 Å². The summed E-state index contributed by atoms with van der Waals surface area (Å²) < 4.78 is 50.3. The van der Waals surface area contributed by atoms with Crippen LogP contribution in [0.25, 0.3) is 11.1 Å². The molecule has 1 nitrogen and oxygen atoms in total. The first kappa shape index (κ1) is 29.3. The first-order valence-corrected chi connectivity index (χ1v) is 14.6. The fraction of sp³-hybridized carbons (Fsp3) is 0.412. The van der Waals surface area contributed by atoms with E-state index in [1.165, 1.54) is 11.6 Å². The van der Waals surface area contributed by atoms with Crippen LogP contribution in [-0.4, -0.2) is 6.11 Å². The third-order valence-corrected chi connectivity index (χ3v) is 8.08. The molecule has 3 aromatic rings. The molecule has 0 bridgehead atoms. The van der Waals surface area contributed by atoms with Gasteiger partial charge in [0.1, 0.15) is 11.6 Å². The molecule has 1 atom stereocenters. The molecule has 1 unspecified atom stereocenters. The zero-order valence-corrected chi connectivity index (χ0v) is 23.7. The molecular formula is C34H38ClF3O. The molecule has 0 amide bonds. The smallest absolute Gasteiger partial charge is 0.422 e. The summed E-state index contributed by atoms with van der Waals surface area (Å²) >= 11 is 6.33. The van der Waals surface area contributed by atoms with Crippen molar-refractivity contribution in [2.24, 2.45) is 0 Å². The van der Waals surface area contributed by atoms with E-state index in [-0.39, 0.29) is 28.7 Å². The molecule has 1 aliphatic carbocycles. The van der Waals surface area contributed by atoms with Crippen molar-refractivity contribution in [2.75, 3.05) is 0 Å². The Kier molecular flexibility index (Phi) is 10.2. The summed E-state index contributed by atoms with van der Waals surface area (Å²) in [6, 6.07) is 18.8. The van der Waals surface area contributed by atoms with Gasteiger partial charge in [0.05, 0.1) is 5.02 Å². The van der Waals surface area contributed by atoms with Gasteiger partial charge in [-0.1, -0.05) is 99.3 Å². The Labute approximate surface area is 236 Å². The van der Waals surface area contributed by atoms with Gasteiger partial charge in [0, 0.05) is 5.57 Å². The summed E-state index contributed by atoms with van der Waals surface area (Å²) in [6.45, 7) is 4.30. The topological polar surface area (TPSA) is 9.23 Å². The van der Waals surface area contributed by atoms with E-state index in [2.05, 4.69) is 38.1 Å². The SMILES string of the molecule is CCCCCc1ccc(C2CC=C(C(F)(F)Oc3ccc(-c4ccc(CCCC)cc4)cc3)CC2)c(F)c1Cl. The molecule has 1 aliphatic rings. The fourth-order valence-corrected chi connectivity index (χ4v) is 5.50. The Morgan fingerprint density at radius 2 is 1.51 bits per heavy atom. The molecule has 0 aromatic heterocycles. The van der Waals surface area contributed by atoms with Crippen molar-refractivity contribution < 1.29 is 17.9 Å². The number of ether oxygens (including phenoxy) is 1. The maximum absolute atomic E-state index is 15.1. The molecule has 0 saturated carbocycles. The van der Waals surface area contributed by atoms with Crippen LogP contribution in [0.4, 0.5) is 13.2 Å². The lowest BCUT2D eigenvalue weighted by Gasteiger charge is -2.27. The molecule has 0 fully saturated rings. The number of aryl methyl sites for hydroxylation is 2. The van der Waals surface area contributed by atoms with E-state index in [0.29, 0.717) is 18.4 Å². The van der Waals surface area contributed by atoms with Crippen LogP contribution in [0, 0.1) is 5.82 Å². The van der Waals surface area contributed by atoms with Crippen molar-refractivity contribution in [3.63, 3.8) is 0 Å². The average molecular weight is 555 g/mol. The van der Waals surface area contributed by atoms with Crippen molar-refractivity contribution in [3.8, 4) is 16.9 Å². The number of hydrogen-bond donors (Lipinski definition) is 0. The van der Waals surface area contributed by atoms with Crippen molar-refractivity contribution in [1.82, 2.24) is 0 Å². The Morgan fingerprint density at radius 1 is 0.846 bits per heavy atom. The van der Waals surface area contributed by atoms with Crippen LogP contribution in [0.5, 0.6) is 5.75 Å². The number of halogens is 4. The molecule has 0 saturated heterocycles. The number of allylic oxidation sites excluding steroid dienone is 1. The van der Waals surface area contributed by atoms with Gasteiger partial charge < -0.3 is 4.74 Å². The maximum atomic E-state index is 15.1. The van der Waals surface area contributed by atoms with E-state index in [4.69, 9.17) is 16.3 Å². The highest BCUT2D eigenvalue weighted by Gasteiger charge is 2.39. The quantitative estimate of drug-likeness (QED) is 0.160. The Morgan fingerprint density at radius 3 is 2.13 bits per heavy atom. The van der Waals surface area contributed by atoms with Gasteiger partial charge in [0.25, 0.3) is 0 Å². The van der Waals surface area contributed by atoms with E-state index in [0.717, 1.165) is 61.6 Å². The lowest BCUT2D eigenvalue weighted by atomic mass is 9.83. The third kappa shape index (κ3) is 7.48. The second-order valence-corrected chi connectivity index (χ2v) is 10.9. The highest BCUT2D eigenvalue weighted by atomic mass is 35.5. The monoisotopic (exact) mass is 554 g/mol. The predicted octanol–water partition coefficient (Wildman–Crippen LogP) is 11.1. The number of unbranched alkanes of at least 4 members (excludes halogenated alkanes) is 3. The predicted molar refractivity (Wildman–Crippen MR) is 155 cm³/mol. The molecule has 0 radical (unpaired) electrons. The van der Waals surface area contributed by atoms with Crippen LogP contribution in [0.2, 0.25) is 5.02 Å². The summed E-state index contributed by atoms with van der Waals surface area (Å²) in [6.07, 6.45) is 6.20. The molecule has 5 heteroatoms. The van der Waals surface area contributed by atoms with Crippen LogP contribution < -0.4 is 4.74 Å². The summed E-state index contributed by atoms with van der Waals surface area (Å²) in [5.74, 6) is -0.478.